The highest BCUT2D eigenvalue weighted by molar-refractivity contribution is 6.40. The van der Waals surface area contributed by atoms with Crippen molar-refractivity contribution in [1.29, 1.82) is 0 Å². The predicted octanol–water partition coefficient (Wildman–Crippen LogP) is 2.99. The highest BCUT2D eigenvalue weighted by Gasteiger charge is 2.34. The molecule has 0 aliphatic carbocycles. The fourth-order valence-corrected chi connectivity index (χ4v) is 4.73. The van der Waals surface area contributed by atoms with Crippen molar-refractivity contribution in [3.05, 3.63) is 58.7 Å². The summed E-state index contributed by atoms with van der Waals surface area (Å²) in [6.07, 6.45) is 0.133. The van der Waals surface area contributed by atoms with E-state index in [-0.39, 0.29) is 24.8 Å². The van der Waals surface area contributed by atoms with E-state index < -0.39 is 83.0 Å². The van der Waals surface area contributed by atoms with Crippen molar-refractivity contribution in [3.63, 3.8) is 0 Å². The van der Waals surface area contributed by atoms with Crippen LogP contribution < -0.4 is 26.0 Å². The van der Waals surface area contributed by atoms with Crippen molar-refractivity contribution in [2.24, 2.45) is 11.8 Å². The zero-order chi connectivity index (χ0) is 32.7. The van der Waals surface area contributed by atoms with Gasteiger partial charge < -0.3 is 26.0 Å². The Labute approximate surface area is 251 Å². The van der Waals surface area contributed by atoms with E-state index in [1.165, 1.54) is 0 Å². The van der Waals surface area contributed by atoms with Gasteiger partial charge in [-0.15, -0.1) is 0 Å². The summed E-state index contributed by atoms with van der Waals surface area (Å²) in [5, 5.41) is 9.93. The second-order valence-electron chi connectivity index (χ2n) is 11.0. The largest absolute Gasteiger partial charge is 0.479 e. The zero-order valence-electron chi connectivity index (χ0n) is 24.6. The number of carbonyl (C=O) groups is 5. The van der Waals surface area contributed by atoms with Crippen LogP contribution in [0.25, 0.3) is 0 Å². The maximum absolute atomic E-state index is 14.1. The number of nitrogens with one attached hydrogen (secondary N) is 4. The SMILES string of the molecule is Cc1cccc(C)c1NC(=O)C(=O)N[C@@H](CC(C)C)C(=O)N[C@@H](C[C@@H]1CCNC1=O)C(=O)COc1c(F)c(F)cc(F)c1F. The lowest BCUT2D eigenvalue weighted by atomic mass is 9.95. The maximum Gasteiger partial charge on any atom is 0.313 e. The minimum Gasteiger partial charge on any atom is -0.479 e. The number of benzene rings is 2. The van der Waals surface area contributed by atoms with Crippen LogP contribution in [0.2, 0.25) is 0 Å². The molecule has 238 valence electrons. The number of amides is 4. The first-order chi connectivity index (χ1) is 20.7. The minimum absolute atomic E-state index is 0.0212. The van der Waals surface area contributed by atoms with Crippen LogP contribution in [-0.4, -0.2) is 54.6 Å². The van der Waals surface area contributed by atoms with E-state index in [0.29, 0.717) is 29.8 Å². The number of hydrogen-bond donors (Lipinski definition) is 4. The Balaban J connectivity index is 1.77. The summed E-state index contributed by atoms with van der Waals surface area (Å²) in [6.45, 7) is 6.20. The van der Waals surface area contributed by atoms with Gasteiger partial charge in [0.25, 0.3) is 0 Å². The minimum atomic E-state index is -1.86. The lowest BCUT2D eigenvalue weighted by Crippen LogP contribution is -2.54. The van der Waals surface area contributed by atoms with Gasteiger partial charge in [0.2, 0.25) is 23.4 Å². The summed E-state index contributed by atoms with van der Waals surface area (Å²) in [4.78, 5) is 64.2. The van der Waals surface area contributed by atoms with E-state index >= 15 is 0 Å². The lowest BCUT2D eigenvalue weighted by Gasteiger charge is -2.25. The molecule has 1 aliphatic heterocycles. The number of para-hydroxylation sites is 1. The molecule has 10 nitrogen and oxygen atoms in total. The van der Waals surface area contributed by atoms with Crippen molar-refractivity contribution in [3.8, 4) is 5.75 Å². The normalized spacial score (nSPS) is 15.8. The molecule has 0 aromatic heterocycles. The van der Waals surface area contributed by atoms with Crippen LogP contribution in [0.5, 0.6) is 5.75 Å². The van der Waals surface area contributed by atoms with Gasteiger partial charge in [0.1, 0.15) is 12.6 Å². The lowest BCUT2D eigenvalue weighted by molar-refractivity contribution is -0.138. The van der Waals surface area contributed by atoms with Crippen LogP contribution in [0.15, 0.2) is 24.3 Å². The third-order valence-electron chi connectivity index (χ3n) is 7.07. The van der Waals surface area contributed by atoms with Gasteiger partial charge in [-0.05, 0) is 50.2 Å². The van der Waals surface area contributed by atoms with Crippen molar-refractivity contribution in [1.82, 2.24) is 16.0 Å². The standard InChI is InChI=1S/C30H34F4N4O6/c1-14(2)10-21(37-29(42)30(43)38-25-15(3)6-5-7-16(25)4)28(41)36-20(11-17-8-9-35-27(17)40)22(39)13-44-26-23(33)18(31)12-19(32)24(26)34/h5-7,12,14,17,20-21H,8-11,13H2,1-4H3,(H,35,40)(H,36,41)(H,37,42)(H,38,43)/t17-,20-,21-/m0/s1. The van der Waals surface area contributed by atoms with Gasteiger partial charge in [0.05, 0.1) is 6.04 Å². The molecule has 4 amide bonds. The van der Waals surface area contributed by atoms with Gasteiger partial charge in [-0.25, -0.2) is 8.78 Å². The van der Waals surface area contributed by atoms with Crippen LogP contribution in [-0.2, 0) is 24.0 Å². The van der Waals surface area contributed by atoms with Gasteiger partial charge in [0, 0.05) is 24.2 Å². The molecule has 0 bridgehead atoms. The molecule has 1 aliphatic rings. The fraction of sp³-hybridized carbons (Fsp3) is 0.433. The summed E-state index contributed by atoms with van der Waals surface area (Å²) >= 11 is 0. The third kappa shape index (κ3) is 8.54. The van der Waals surface area contributed by atoms with Crippen molar-refractivity contribution in [2.45, 2.75) is 59.0 Å². The Morgan fingerprint density at radius 3 is 2.11 bits per heavy atom. The Kier molecular flexibility index (Phi) is 11.4. The van der Waals surface area contributed by atoms with Crippen molar-refractivity contribution >= 4 is 35.1 Å². The van der Waals surface area contributed by atoms with E-state index in [4.69, 9.17) is 4.74 Å². The number of ketones is 1. The summed E-state index contributed by atoms with van der Waals surface area (Å²) in [6, 6.07) is 2.49. The number of aryl methyl sites for hydroxylation is 2. The number of hydrogen-bond acceptors (Lipinski definition) is 6. The van der Waals surface area contributed by atoms with Crippen LogP contribution in [0.1, 0.15) is 44.2 Å². The zero-order valence-corrected chi connectivity index (χ0v) is 24.6. The highest BCUT2D eigenvalue weighted by atomic mass is 19.2. The van der Waals surface area contributed by atoms with Gasteiger partial charge in [-0.1, -0.05) is 32.0 Å². The van der Waals surface area contributed by atoms with Crippen molar-refractivity contribution < 1.29 is 46.3 Å². The monoisotopic (exact) mass is 622 g/mol. The molecule has 1 saturated heterocycles. The Morgan fingerprint density at radius 2 is 1.57 bits per heavy atom. The first-order valence-corrected chi connectivity index (χ1v) is 13.9. The molecule has 0 unspecified atom stereocenters. The van der Waals surface area contributed by atoms with Gasteiger partial charge in [-0.3, -0.25) is 24.0 Å². The smallest absolute Gasteiger partial charge is 0.313 e. The number of anilines is 1. The molecule has 0 radical (unpaired) electrons. The van der Waals surface area contributed by atoms with Gasteiger partial charge in [-0.2, -0.15) is 8.78 Å². The van der Waals surface area contributed by atoms with E-state index in [1.54, 1.807) is 45.9 Å². The molecular weight excluding hydrogens is 588 g/mol. The highest BCUT2D eigenvalue weighted by Crippen LogP contribution is 2.27. The second-order valence-corrected chi connectivity index (χ2v) is 11.0. The molecule has 0 spiro atoms. The molecule has 14 heteroatoms. The Hall–Kier alpha value is -4.49. The number of carbonyl (C=O) groups excluding carboxylic acids is 5. The third-order valence-corrected chi connectivity index (χ3v) is 7.07. The summed E-state index contributed by atoms with van der Waals surface area (Å²) in [5.41, 5.74) is 1.86. The second kappa shape index (κ2) is 14.8. The van der Waals surface area contributed by atoms with Gasteiger partial charge >= 0.3 is 11.8 Å². The number of rotatable bonds is 12. The molecular formula is C30H34F4N4O6. The molecule has 44 heavy (non-hydrogen) atoms. The molecule has 4 N–H and O–H groups in total. The molecule has 0 saturated carbocycles. The van der Waals surface area contributed by atoms with Crippen LogP contribution in [0.4, 0.5) is 23.2 Å². The van der Waals surface area contributed by atoms with E-state index in [1.807, 2.05) is 0 Å². The molecule has 2 aromatic carbocycles. The summed E-state index contributed by atoms with van der Waals surface area (Å²) in [5.74, 6) is -13.9. The molecule has 3 rings (SSSR count). The average Bonchev–Trinajstić information content (AvgIpc) is 3.36. The first-order valence-electron chi connectivity index (χ1n) is 13.9. The first kappa shape index (κ1) is 34.0. The van der Waals surface area contributed by atoms with E-state index in [2.05, 4.69) is 21.3 Å². The summed E-state index contributed by atoms with van der Waals surface area (Å²) < 4.78 is 60.1. The van der Waals surface area contributed by atoms with E-state index in [9.17, 15) is 41.5 Å². The number of Topliss-reactive ketones (excluding diaryl/α,β-unsaturated/α-hetero) is 1. The van der Waals surface area contributed by atoms with Gasteiger partial charge in [0.15, 0.2) is 23.2 Å². The summed E-state index contributed by atoms with van der Waals surface area (Å²) in [7, 11) is 0. The topological polar surface area (TPSA) is 143 Å². The van der Waals surface area contributed by atoms with Crippen LogP contribution in [0, 0.1) is 49.0 Å². The van der Waals surface area contributed by atoms with Crippen LogP contribution in [0.3, 0.4) is 0 Å². The average molecular weight is 623 g/mol. The number of ether oxygens (including phenoxy) is 1. The molecule has 1 fully saturated rings. The molecule has 2 aromatic rings. The Bertz CT molecular complexity index is 1400. The van der Waals surface area contributed by atoms with Crippen molar-refractivity contribution in [2.75, 3.05) is 18.5 Å². The van der Waals surface area contributed by atoms with E-state index in [0.717, 1.165) is 0 Å². The Morgan fingerprint density at radius 1 is 0.955 bits per heavy atom. The predicted molar refractivity (Wildman–Crippen MR) is 150 cm³/mol. The molecule has 1 heterocycles. The quantitative estimate of drug-likeness (QED) is 0.163. The maximum atomic E-state index is 14.1. The fourth-order valence-electron chi connectivity index (χ4n) is 4.73. The molecule has 3 atom stereocenters. The number of halogens is 4. The van der Waals surface area contributed by atoms with Crippen LogP contribution >= 0.6 is 0 Å².